The Labute approximate surface area is 148 Å². The number of carboxylic acid groups (broad SMARTS) is 1. The van der Waals surface area contributed by atoms with Crippen molar-refractivity contribution in [3.8, 4) is 0 Å². The number of likely N-dealkylation sites (tertiary alicyclic amines) is 1. The minimum Gasteiger partial charge on any atom is -0.480 e. The van der Waals surface area contributed by atoms with Crippen molar-refractivity contribution < 1.29 is 24.4 Å². The molecule has 0 saturated carbocycles. The number of aliphatic carboxylic acids is 1. The van der Waals surface area contributed by atoms with Crippen molar-refractivity contribution in [2.45, 2.75) is 38.1 Å². The molecule has 25 heavy (non-hydrogen) atoms. The third-order valence-electron chi connectivity index (χ3n) is 4.43. The maximum Gasteiger partial charge on any atom is 0.326 e. The van der Waals surface area contributed by atoms with Crippen LogP contribution < -0.4 is 0 Å². The highest BCUT2D eigenvalue weighted by atomic mass is 31.1. The smallest absolute Gasteiger partial charge is 0.326 e. The molecule has 2 rings (SSSR count). The molecule has 0 aromatic heterocycles. The van der Waals surface area contributed by atoms with E-state index in [1.807, 2.05) is 30.3 Å². The molecule has 1 aromatic carbocycles. The summed E-state index contributed by atoms with van der Waals surface area (Å²) in [5.41, 5.74) is 0.883. The lowest BCUT2D eigenvalue weighted by atomic mass is 10.2. The summed E-state index contributed by atoms with van der Waals surface area (Å²) in [5.74, 6) is -2.03. The van der Waals surface area contributed by atoms with Crippen LogP contribution in [0.1, 0.15) is 25.3 Å². The molecule has 2 amide bonds. The van der Waals surface area contributed by atoms with E-state index in [9.17, 15) is 24.4 Å². The molecular formula is C17H25N2O5P. The Morgan fingerprint density at radius 2 is 2.04 bits per heavy atom. The summed E-state index contributed by atoms with van der Waals surface area (Å²) in [7, 11) is -2.45. The Morgan fingerprint density at radius 1 is 1.36 bits per heavy atom. The Kier molecular flexibility index (Phi) is 7.02. The zero-order valence-corrected chi connectivity index (χ0v) is 15.3. The molecule has 0 bridgehead atoms. The molecule has 0 radical (unpaired) electrons. The second-order valence-electron chi connectivity index (χ2n) is 6.16. The number of aliphatic hydroxyl groups excluding tert-OH is 1. The summed E-state index contributed by atoms with van der Waals surface area (Å²) in [6, 6.07) is 8.02. The molecule has 0 aliphatic carbocycles. The zero-order chi connectivity index (χ0) is 18.4. The number of rotatable bonds is 7. The molecule has 8 heteroatoms. The Bertz CT molecular complexity index is 625. The number of carboxylic acids is 1. The number of nitrogens with zero attached hydrogens (tertiary/aromatic N) is 2. The maximum absolute atomic E-state index is 12.6. The predicted octanol–water partition coefficient (Wildman–Crippen LogP) is 2.06. The second kappa shape index (κ2) is 9.02. The minimum atomic E-state index is -2.45. The molecule has 1 aliphatic rings. The van der Waals surface area contributed by atoms with Crippen molar-refractivity contribution in [1.29, 1.82) is 0 Å². The van der Waals surface area contributed by atoms with Gasteiger partial charge in [-0.05, 0) is 25.3 Å². The average Bonchev–Trinajstić information content (AvgIpc) is 3.09. The minimum absolute atomic E-state index is 0.0448. The first-order valence-electron chi connectivity index (χ1n) is 8.47. The van der Waals surface area contributed by atoms with Crippen LogP contribution >= 0.6 is 7.80 Å². The molecule has 1 fully saturated rings. The van der Waals surface area contributed by atoms with Crippen LogP contribution in [0.3, 0.4) is 0 Å². The highest BCUT2D eigenvalue weighted by Crippen LogP contribution is 2.31. The summed E-state index contributed by atoms with van der Waals surface area (Å²) >= 11 is 0. The van der Waals surface area contributed by atoms with E-state index in [2.05, 4.69) is 0 Å². The Hall–Kier alpha value is -1.85. The summed E-state index contributed by atoms with van der Waals surface area (Å²) in [4.78, 5) is 26.5. The van der Waals surface area contributed by atoms with E-state index in [4.69, 9.17) is 0 Å². The fourth-order valence-corrected chi connectivity index (χ4v) is 4.40. The van der Waals surface area contributed by atoms with Gasteiger partial charge in [-0.2, -0.15) is 0 Å². The molecule has 1 heterocycles. The standard InChI is InChI=1S/C17H25N2O5P/c1-2-18(17(23)19-10-6-9-14(19)16(21)22)12-25(24)15(20)11-13-7-4-3-5-8-13/h3-5,7-8,14-15,20,25H,2,6,9-12H2,1H3,(H,21,22)/t14-,15?/m0/s1. The monoisotopic (exact) mass is 368 g/mol. The largest absolute Gasteiger partial charge is 0.480 e. The van der Waals surface area contributed by atoms with Crippen molar-refractivity contribution in [3.63, 3.8) is 0 Å². The topological polar surface area (TPSA) is 98.2 Å². The van der Waals surface area contributed by atoms with Gasteiger partial charge in [0.1, 0.15) is 19.7 Å². The van der Waals surface area contributed by atoms with E-state index < -0.39 is 31.7 Å². The third-order valence-corrected chi connectivity index (χ3v) is 6.07. The molecule has 3 atom stereocenters. The predicted molar refractivity (Wildman–Crippen MR) is 95.2 cm³/mol. The number of carbonyl (C=O) groups is 2. The van der Waals surface area contributed by atoms with Crippen LogP contribution in [0.2, 0.25) is 0 Å². The summed E-state index contributed by atoms with van der Waals surface area (Å²) in [6.45, 7) is 2.46. The van der Waals surface area contributed by atoms with Gasteiger partial charge in [-0.25, -0.2) is 9.59 Å². The fourth-order valence-electron chi connectivity index (χ4n) is 2.99. The lowest BCUT2D eigenvalue weighted by Crippen LogP contribution is -2.48. The maximum atomic E-state index is 12.6. The molecule has 2 unspecified atom stereocenters. The van der Waals surface area contributed by atoms with Gasteiger partial charge in [0.25, 0.3) is 0 Å². The summed E-state index contributed by atoms with van der Waals surface area (Å²) in [5, 5.41) is 19.4. The van der Waals surface area contributed by atoms with Gasteiger partial charge in [-0.3, -0.25) is 0 Å². The van der Waals surface area contributed by atoms with Crippen LogP contribution in [0, 0.1) is 0 Å². The van der Waals surface area contributed by atoms with Gasteiger partial charge >= 0.3 is 12.0 Å². The fraction of sp³-hybridized carbons (Fsp3) is 0.529. The van der Waals surface area contributed by atoms with Crippen LogP contribution in [-0.2, 0) is 15.8 Å². The van der Waals surface area contributed by atoms with Gasteiger partial charge < -0.3 is 24.6 Å². The van der Waals surface area contributed by atoms with E-state index in [0.29, 0.717) is 25.9 Å². The summed E-state index contributed by atoms with van der Waals surface area (Å²) in [6.07, 6.45) is 1.30. The van der Waals surface area contributed by atoms with E-state index >= 15 is 0 Å². The first-order chi connectivity index (χ1) is 11.9. The molecule has 1 aliphatic heterocycles. The SMILES string of the molecule is CCN(C[PH](=O)C(O)Cc1ccccc1)C(=O)N1CCC[C@H]1C(=O)O. The molecule has 1 saturated heterocycles. The van der Waals surface area contributed by atoms with Crippen LogP contribution in [0.4, 0.5) is 4.79 Å². The number of urea groups is 1. The number of hydrogen-bond acceptors (Lipinski definition) is 4. The lowest BCUT2D eigenvalue weighted by molar-refractivity contribution is -0.141. The Balaban J connectivity index is 1.97. The molecule has 138 valence electrons. The van der Waals surface area contributed by atoms with Crippen molar-refractivity contribution in [2.75, 3.05) is 19.4 Å². The van der Waals surface area contributed by atoms with Crippen molar-refractivity contribution in [3.05, 3.63) is 35.9 Å². The van der Waals surface area contributed by atoms with Gasteiger partial charge in [-0.15, -0.1) is 0 Å². The molecule has 1 aromatic rings. The molecule has 7 nitrogen and oxygen atoms in total. The van der Waals surface area contributed by atoms with E-state index in [-0.39, 0.29) is 12.7 Å². The number of hydrogen-bond donors (Lipinski definition) is 2. The number of benzene rings is 1. The quantitative estimate of drug-likeness (QED) is 0.718. The van der Waals surface area contributed by atoms with E-state index in [0.717, 1.165) is 5.56 Å². The zero-order valence-electron chi connectivity index (χ0n) is 14.3. The van der Waals surface area contributed by atoms with E-state index in [1.54, 1.807) is 6.92 Å². The van der Waals surface area contributed by atoms with Crippen LogP contribution in [-0.4, -0.2) is 63.3 Å². The number of aliphatic hydroxyl groups is 1. The molecule has 0 spiro atoms. The van der Waals surface area contributed by atoms with Crippen LogP contribution in [0.15, 0.2) is 30.3 Å². The first-order valence-corrected chi connectivity index (χ1v) is 10.2. The molecular weight excluding hydrogens is 343 g/mol. The number of amides is 2. The van der Waals surface area contributed by atoms with Crippen molar-refractivity contribution in [2.24, 2.45) is 0 Å². The van der Waals surface area contributed by atoms with Gasteiger partial charge in [0.05, 0.1) is 6.29 Å². The first kappa shape index (κ1) is 19.5. The van der Waals surface area contributed by atoms with Gasteiger partial charge in [0.2, 0.25) is 0 Å². The van der Waals surface area contributed by atoms with Crippen LogP contribution in [0.25, 0.3) is 0 Å². The second-order valence-corrected chi connectivity index (χ2v) is 8.07. The normalized spacial score (nSPS) is 19.4. The van der Waals surface area contributed by atoms with Crippen LogP contribution in [0.5, 0.6) is 0 Å². The molecule has 2 N–H and O–H groups in total. The van der Waals surface area contributed by atoms with Crippen molar-refractivity contribution >= 4 is 19.8 Å². The van der Waals surface area contributed by atoms with Crippen molar-refractivity contribution in [1.82, 2.24) is 9.80 Å². The average molecular weight is 368 g/mol. The summed E-state index contributed by atoms with van der Waals surface area (Å²) < 4.78 is 12.5. The third kappa shape index (κ3) is 5.06. The highest BCUT2D eigenvalue weighted by molar-refractivity contribution is 7.45. The number of carbonyl (C=O) groups excluding carboxylic acids is 1. The highest BCUT2D eigenvalue weighted by Gasteiger charge is 2.36. The van der Waals surface area contributed by atoms with Gasteiger partial charge in [0.15, 0.2) is 0 Å². The Morgan fingerprint density at radius 3 is 2.64 bits per heavy atom. The van der Waals surface area contributed by atoms with E-state index in [1.165, 1.54) is 9.80 Å². The van der Waals surface area contributed by atoms with Gasteiger partial charge in [-0.1, -0.05) is 30.3 Å². The van der Waals surface area contributed by atoms with Gasteiger partial charge in [0, 0.05) is 19.5 Å². The lowest BCUT2D eigenvalue weighted by Gasteiger charge is -2.30.